The maximum atomic E-state index is 12.5. The molecular weight excluding hydrogens is 304 g/mol. The maximum absolute atomic E-state index is 12.5. The predicted octanol–water partition coefficient (Wildman–Crippen LogP) is 2.14. The molecule has 0 spiro atoms. The van der Waals surface area contributed by atoms with Crippen LogP contribution in [0.3, 0.4) is 0 Å². The van der Waals surface area contributed by atoms with Crippen LogP contribution in [0.4, 0.5) is 0 Å². The molecule has 1 saturated heterocycles. The van der Waals surface area contributed by atoms with Gasteiger partial charge in [0.1, 0.15) is 5.75 Å². The number of likely N-dealkylation sites (tertiary alicyclic amines) is 1. The first-order valence-electron chi connectivity index (χ1n) is 8.72. The standard InChI is InChI=1S/C19H30N2O3/c1-4-19(15-22)9-11-21(12-10-19)14-18(23)20(2)13-16-7-5-6-8-17(16)24-3/h5-8,22H,4,9-15H2,1-3H3. The monoisotopic (exact) mass is 334 g/mol. The number of amides is 1. The highest BCUT2D eigenvalue weighted by Gasteiger charge is 2.33. The summed E-state index contributed by atoms with van der Waals surface area (Å²) in [6.07, 6.45) is 2.92. The Labute approximate surface area is 145 Å². The van der Waals surface area contributed by atoms with Crippen molar-refractivity contribution >= 4 is 5.91 Å². The fourth-order valence-electron chi connectivity index (χ4n) is 3.30. The van der Waals surface area contributed by atoms with Crippen molar-refractivity contribution in [1.82, 2.24) is 9.80 Å². The summed E-state index contributed by atoms with van der Waals surface area (Å²) in [6.45, 7) is 5.13. The third kappa shape index (κ3) is 4.48. The van der Waals surface area contributed by atoms with E-state index in [-0.39, 0.29) is 17.9 Å². The van der Waals surface area contributed by atoms with Gasteiger partial charge in [-0.2, -0.15) is 0 Å². The third-order valence-corrected chi connectivity index (χ3v) is 5.39. The zero-order valence-corrected chi connectivity index (χ0v) is 15.1. The Morgan fingerprint density at radius 1 is 1.33 bits per heavy atom. The van der Waals surface area contributed by atoms with Crippen molar-refractivity contribution < 1.29 is 14.6 Å². The zero-order valence-electron chi connectivity index (χ0n) is 15.1. The Hall–Kier alpha value is -1.59. The smallest absolute Gasteiger partial charge is 0.236 e. The van der Waals surface area contributed by atoms with Crippen molar-refractivity contribution in [3.8, 4) is 5.75 Å². The molecule has 134 valence electrons. The lowest BCUT2D eigenvalue weighted by Gasteiger charge is -2.40. The summed E-state index contributed by atoms with van der Waals surface area (Å²) in [6, 6.07) is 7.79. The number of likely N-dealkylation sites (N-methyl/N-ethyl adjacent to an activating group) is 1. The quantitative estimate of drug-likeness (QED) is 0.830. The number of piperidine rings is 1. The van der Waals surface area contributed by atoms with Crippen LogP contribution in [0.5, 0.6) is 5.75 Å². The van der Waals surface area contributed by atoms with E-state index in [1.807, 2.05) is 31.3 Å². The van der Waals surface area contributed by atoms with Gasteiger partial charge in [0.05, 0.1) is 13.7 Å². The number of hydrogen-bond donors (Lipinski definition) is 1. The lowest BCUT2D eigenvalue weighted by atomic mass is 9.77. The van der Waals surface area contributed by atoms with Crippen LogP contribution >= 0.6 is 0 Å². The predicted molar refractivity (Wildman–Crippen MR) is 95.0 cm³/mol. The highest BCUT2D eigenvalue weighted by Crippen LogP contribution is 2.34. The summed E-state index contributed by atoms with van der Waals surface area (Å²) >= 11 is 0. The van der Waals surface area contributed by atoms with Gasteiger partial charge in [0, 0.05) is 25.8 Å². The Kier molecular flexibility index (Phi) is 6.63. The van der Waals surface area contributed by atoms with Crippen molar-refractivity contribution in [3.05, 3.63) is 29.8 Å². The van der Waals surface area contributed by atoms with Crippen molar-refractivity contribution in [3.63, 3.8) is 0 Å². The summed E-state index contributed by atoms with van der Waals surface area (Å²) < 4.78 is 5.35. The van der Waals surface area contributed by atoms with Crippen molar-refractivity contribution in [2.45, 2.75) is 32.7 Å². The van der Waals surface area contributed by atoms with Gasteiger partial charge in [0.25, 0.3) is 0 Å². The summed E-state index contributed by atoms with van der Waals surface area (Å²) in [5.41, 5.74) is 1.07. The lowest BCUT2D eigenvalue weighted by Crippen LogP contribution is -2.46. The van der Waals surface area contributed by atoms with Gasteiger partial charge in [0.2, 0.25) is 5.91 Å². The Morgan fingerprint density at radius 3 is 2.58 bits per heavy atom. The number of carbonyl (C=O) groups excluding carboxylic acids is 1. The van der Waals surface area contributed by atoms with E-state index in [1.54, 1.807) is 12.0 Å². The number of methoxy groups -OCH3 is 1. The highest BCUT2D eigenvalue weighted by atomic mass is 16.5. The van der Waals surface area contributed by atoms with Crippen LogP contribution in [0.15, 0.2) is 24.3 Å². The molecule has 0 unspecified atom stereocenters. The second kappa shape index (κ2) is 8.49. The van der Waals surface area contributed by atoms with Gasteiger partial charge in [-0.05, 0) is 43.8 Å². The molecule has 0 bridgehead atoms. The number of hydrogen-bond acceptors (Lipinski definition) is 4. The van der Waals surface area contributed by atoms with Crippen LogP contribution in [-0.2, 0) is 11.3 Å². The van der Waals surface area contributed by atoms with E-state index in [9.17, 15) is 9.90 Å². The summed E-state index contributed by atoms with van der Waals surface area (Å²) in [7, 11) is 3.48. The average Bonchev–Trinajstić information content (AvgIpc) is 2.63. The van der Waals surface area contributed by atoms with E-state index < -0.39 is 0 Å². The molecule has 2 rings (SSSR count). The molecule has 1 aromatic rings. The second-order valence-corrected chi connectivity index (χ2v) is 6.85. The molecule has 1 fully saturated rings. The molecule has 1 amide bonds. The van der Waals surface area contributed by atoms with Crippen LogP contribution in [0, 0.1) is 5.41 Å². The molecular formula is C19H30N2O3. The number of aliphatic hydroxyl groups excluding tert-OH is 1. The highest BCUT2D eigenvalue weighted by molar-refractivity contribution is 5.78. The molecule has 0 aliphatic carbocycles. The number of carbonyl (C=O) groups is 1. The molecule has 1 N–H and O–H groups in total. The first-order chi connectivity index (χ1) is 11.5. The van der Waals surface area contributed by atoms with Gasteiger partial charge in [-0.1, -0.05) is 25.1 Å². The molecule has 1 aromatic carbocycles. The fraction of sp³-hybridized carbons (Fsp3) is 0.632. The van der Waals surface area contributed by atoms with E-state index in [0.717, 1.165) is 43.7 Å². The van der Waals surface area contributed by atoms with E-state index in [0.29, 0.717) is 13.1 Å². The van der Waals surface area contributed by atoms with Gasteiger partial charge < -0.3 is 14.7 Å². The van der Waals surface area contributed by atoms with E-state index in [2.05, 4.69) is 11.8 Å². The Balaban J connectivity index is 1.86. The number of rotatable bonds is 7. The van der Waals surface area contributed by atoms with Crippen LogP contribution < -0.4 is 4.74 Å². The van der Waals surface area contributed by atoms with Crippen molar-refractivity contribution in [2.24, 2.45) is 5.41 Å². The number of aliphatic hydroxyl groups is 1. The Morgan fingerprint density at radius 2 is 2.00 bits per heavy atom. The SMILES string of the molecule is CCC1(CO)CCN(CC(=O)N(C)Cc2ccccc2OC)CC1. The van der Waals surface area contributed by atoms with Crippen molar-refractivity contribution in [1.29, 1.82) is 0 Å². The first-order valence-corrected chi connectivity index (χ1v) is 8.72. The number of nitrogens with zero attached hydrogens (tertiary/aromatic N) is 2. The minimum atomic E-state index is 0.0584. The summed E-state index contributed by atoms with van der Waals surface area (Å²) in [4.78, 5) is 16.5. The van der Waals surface area contributed by atoms with Gasteiger partial charge in [-0.25, -0.2) is 0 Å². The van der Waals surface area contributed by atoms with Gasteiger partial charge in [-0.15, -0.1) is 0 Å². The summed E-state index contributed by atoms with van der Waals surface area (Å²) in [5, 5.41) is 9.61. The molecule has 1 heterocycles. The van der Waals surface area contributed by atoms with Crippen LogP contribution in [0.25, 0.3) is 0 Å². The van der Waals surface area contributed by atoms with Crippen LogP contribution in [0.1, 0.15) is 31.7 Å². The molecule has 0 saturated carbocycles. The van der Waals surface area contributed by atoms with E-state index >= 15 is 0 Å². The number of benzene rings is 1. The maximum Gasteiger partial charge on any atom is 0.236 e. The first kappa shape index (κ1) is 18.7. The fourth-order valence-corrected chi connectivity index (χ4v) is 3.30. The molecule has 1 aliphatic heterocycles. The molecule has 0 atom stereocenters. The molecule has 1 aliphatic rings. The third-order valence-electron chi connectivity index (χ3n) is 5.39. The van der Waals surface area contributed by atoms with E-state index in [4.69, 9.17) is 4.74 Å². The van der Waals surface area contributed by atoms with Crippen molar-refractivity contribution in [2.75, 3.05) is 40.4 Å². The van der Waals surface area contributed by atoms with Gasteiger partial charge in [0.15, 0.2) is 0 Å². The second-order valence-electron chi connectivity index (χ2n) is 6.85. The van der Waals surface area contributed by atoms with Crippen LogP contribution in [-0.4, -0.2) is 61.2 Å². The zero-order chi connectivity index (χ0) is 17.6. The molecule has 0 radical (unpaired) electrons. The molecule has 5 heteroatoms. The lowest BCUT2D eigenvalue weighted by molar-refractivity contribution is -0.132. The van der Waals surface area contributed by atoms with Gasteiger partial charge in [-0.3, -0.25) is 9.69 Å². The number of para-hydroxylation sites is 1. The van der Waals surface area contributed by atoms with E-state index in [1.165, 1.54) is 0 Å². The average molecular weight is 334 g/mol. The minimum absolute atomic E-state index is 0.0584. The summed E-state index contributed by atoms with van der Waals surface area (Å²) in [5.74, 6) is 0.930. The molecule has 24 heavy (non-hydrogen) atoms. The molecule has 0 aromatic heterocycles. The minimum Gasteiger partial charge on any atom is -0.496 e. The largest absolute Gasteiger partial charge is 0.496 e. The number of ether oxygens (including phenoxy) is 1. The topological polar surface area (TPSA) is 53.0 Å². The molecule has 5 nitrogen and oxygen atoms in total. The van der Waals surface area contributed by atoms with Crippen LogP contribution in [0.2, 0.25) is 0 Å². The van der Waals surface area contributed by atoms with Gasteiger partial charge >= 0.3 is 0 Å². The normalized spacial score (nSPS) is 17.5. The Bertz CT molecular complexity index is 533.